The molecule has 0 unspecified atom stereocenters. The smallest absolute Gasteiger partial charge is 0.337 e. The van der Waals surface area contributed by atoms with Gasteiger partial charge >= 0.3 is 11.9 Å². The Bertz CT molecular complexity index is 2250. The SMILES string of the molecule is O=C(O)c1cc(C2CC2)ccc1Nc1cnc(-c2cc(F)ccc2F)nc1.O=C(O)c1cc(C2CC2)ccc1Nc1cnc(-c2cccc(F)c2F)nc1. The van der Waals surface area contributed by atoms with Gasteiger partial charge in [0.1, 0.15) is 11.6 Å². The molecule has 2 saturated carbocycles. The summed E-state index contributed by atoms with van der Waals surface area (Å²) in [6.45, 7) is 0. The molecule has 10 nitrogen and oxygen atoms in total. The average molecular weight is 735 g/mol. The van der Waals surface area contributed by atoms with Gasteiger partial charge in [-0.1, -0.05) is 18.2 Å². The molecule has 2 aromatic heterocycles. The third-order valence-electron chi connectivity index (χ3n) is 8.87. The molecule has 2 heterocycles. The van der Waals surface area contributed by atoms with Gasteiger partial charge in [-0.25, -0.2) is 47.1 Å². The number of nitrogens with one attached hydrogen (secondary N) is 2. The van der Waals surface area contributed by atoms with E-state index in [0.717, 1.165) is 61.1 Å². The van der Waals surface area contributed by atoms with Gasteiger partial charge in [-0.3, -0.25) is 0 Å². The number of aromatic carboxylic acids is 2. The fraction of sp³-hybridized carbons (Fsp3) is 0.150. The number of halogens is 4. The van der Waals surface area contributed by atoms with Gasteiger partial charge < -0.3 is 20.8 Å². The van der Waals surface area contributed by atoms with E-state index in [4.69, 9.17) is 0 Å². The van der Waals surface area contributed by atoms with Gasteiger partial charge in [0.05, 0.1) is 69.8 Å². The fourth-order valence-electron chi connectivity index (χ4n) is 5.76. The van der Waals surface area contributed by atoms with Crippen LogP contribution in [0, 0.1) is 23.3 Å². The summed E-state index contributed by atoms with van der Waals surface area (Å²) in [5.74, 6) is -4.28. The maximum atomic E-state index is 13.8. The van der Waals surface area contributed by atoms with Crippen LogP contribution in [0.2, 0.25) is 0 Å². The Labute approximate surface area is 305 Å². The molecule has 4 N–H and O–H groups in total. The molecule has 54 heavy (non-hydrogen) atoms. The van der Waals surface area contributed by atoms with Crippen molar-refractivity contribution in [1.29, 1.82) is 0 Å². The maximum absolute atomic E-state index is 13.8. The van der Waals surface area contributed by atoms with Crippen LogP contribution in [-0.2, 0) is 0 Å². The molecule has 272 valence electrons. The summed E-state index contributed by atoms with van der Waals surface area (Å²) in [6.07, 6.45) is 9.91. The van der Waals surface area contributed by atoms with Crippen LogP contribution in [0.1, 0.15) is 69.4 Å². The first-order valence-corrected chi connectivity index (χ1v) is 16.9. The number of carbonyl (C=O) groups is 2. The van der Waals surface area contributed by atoms with E-state index in [-0.39, 0.29) is 33.9 Å². The van der Waals surface area contributed by atoms with Crippen LogP contribution in [0.5, 0.6) is 0 Å². The predicted molar refractivity (Wildman–Crippen MR) is 192 cm³/mol. The van der Waals surface area contributed by atoms with Crippen molar-refractivity contribution in [3.8, 4) is 22.8 Å². The maximum Gasteiger partial charge on any atom is 0.337 e. The topological polar surface area (TPSA) is 150 Å². The molecule has 6 aromatic rings. The largest absolute Gasteiger partial charge is 0.478 e. The van der Waals surface area contributed by atoms with Gasteiger partial charge in [-0.05, 0) is 103 Å². The van der Waals surface area contributed by atoms with Crippen LogP contribution in [0.25, 0.3) is 22.8 Å². The summed E-state index contributed by atoms with van der Waals surface area (Å²) >= 11 is 0. The van der Waals surface area contributed by atoms with Crippen molar-refractivity contribution >= 4 is 34.7 Å². The normalized spacial score (nSPS) is 13.4. The standard InChI is InChI=1S/2C20H15F2N3O2/c21-13-4-5-17(22)15(8-13)19-23-9-14(10-24-19)25-18-6-3-12(11-1-2-11)7-16(18)20(26)27;21-16-3-1-2-14(18(16)22)19-23-9-13(10-24-19)25-17-7-6-12(11-4-5-11)8-15(17)20(26)27/h3-11,25H,1-2H2,(H,26,27);1-3,6-11,25H,4-5H2,(H,26,27). The van der Waals surface area contributed by atoms with E-state index in [0.29, 0.717) is 34.6 Å². The molecule has 0 atom stereocenters. The Hall–Kier alpha value is -6.70. The highest BCUT2D eigenvalue weighted by Crippen LogP contribution is 2.42. The first-order chi connectivity index (χ1) is 26.0. The minimum Gasteiger partial charge on any atom is -0.478 e. The Morgan fingerprint density at radius 3 is 1.52 bits per heavy atom. The van der Waals surface area contributed by atoms with E-state index in [1.54, 1.807) is 24.3 Å². The van der Waals surface area contributed by atoms with Gasteiger partial charge in [0.25, 0.3) is 0 Å². The minimum absolute atomic E-state index is 0.0402. The molecule has 0 aliphatic heterocycles. The van der Waals surface area contributed by atoms with Crippen molar-refractivity contribution in [2.45, 2.75) is 37.5 Å². The van der Waals surface area contributed by atoms with Crippen LogP contribution in [0.4, 0.5) is 40.3 Å². The summed E-state index contributed by atoms with van der Waals surface area (Å²) in [5, 5.41) is 24.9. The lowest BCUT2D eigenvalue weighted by molar-refractivity contribution is 0.0687. The number of carboxylic acid groups (broad SMARTS) is 2. The van der Waals surface area contributed by atoms with Crippen LogP contribution < -0.4 is 10.6 Å². The van der Waals surface area contributed by atoms with Crippen molar-refractivity contribution in [3.05, 3.63) is 143 Å². The molecule has 14 heteroatoms. The van der Waals surface area contributed by atoms with E-state index in [1.165, 1.54) is 36.9 Å². The second-order valence-electron chi connectivity index (χ2n) is 12.8. The summed E-state index contributed by atoms with van der Waals surface area (Å²) in [7, 11) is 0. The minimum atomic E-state index is -1.03. The molecule has 0 saturated heterocycles. The molecule has 8 rings (SSSR count). The number of hydrogen-bond acceptors (Lipinski definition) is 8. The number of anilines is 4. The van der Waals surface area contributed by atoms with Crippen LogP contribution >= 0.6 is 0 Å². The van der Waals surface area contributed by atoms with Crippen molar-refractivity contribution in [3.63, 3.8) is 0 Å². The van der Waals surface area contributed by atoms with Gasteiger partial charge in [0.15, 0.2) is 23.3 Å². The first-order valence-electron chi connectivity index (χ1n) is 16.9. The number of carboxylic acids is 2. The monoisotopic (exact) mass is 734 g/mol. The van der Waals surface area contributed by atoms with Crippen molar-refractivity contribution in [2.24, 2.45) is 0 Å². The van der Waals surface area contributed by atoms with E-state index >= 15 is 0 Å². The Morgan fingerprint density at radius 1 is 0.574 bits per heavy atom. The number of rotatable bonds is 10. The molecule has 4 aromatic carbocycles. The quantitative estimate of drug-likeness (QED) is 0.100. The number of aromatic nitrogens is 4. The van der Waals surface area contributed by atoms with Crippen LogP contribution in [0.15, 0.2) is 97.6 Å². The van der Waals surface area contributed by atoms with Crippen molar-refractivity contribution in [1.82, 2.24) is 19.9 Å². The van der Waals surface area contributed by atoms with Crippen LogP contribution in [-0.4, -0.2) is 42.1 Å². The molecule has 2 fully saturated rings. The van der Waals surface area contributed by atoms with Crippen molar-refractivity contribution in [2.75, 3.05) is 10.6 Å². The molecule has 0 bridgehead atoms. The molecule has 0 amide bonds. The van der Waals surface area contributed by atoms with Crippen LogP contribution in [0.3, 0.4) is 0 Å². The Balaban J connectivity index is 0.000000167. The van der Waals surface area contributed by atoms with Gasteiger partial charge in [-0.15, -0.1) is 0 Å². The molecule has 0 spiro atoms. The molecular weight excluding hydrogens is 704 g/mol. The number of nitrogens with zero attached hydrogens (tertiary/aromatic N) is 4. The third kappa shape index (κ3) is 8.17. The van der Waals surface area contributed by atoms with Gasteiger partial charge in [0, 0.05) is 0 Å². The molecule has 2 aliphatic carbocycles. The zero-order chi connectivity index (χ0) is 37.9. The van der Waals surface area contributed by atoms with Gasteiger partial charge in [-0.2, -0.15) is 0 Å². The number of benzene rings is 4. The Morgan fingerprint density at radius 2 is 1.06 bits per heavy atom. The predicted octanol–water partition coefficient (Wildman–Crippen LogP) is 9.48. The highest BCUT2D eigenvalue weighted by molar-refractivity contribution is 5.96. The lowest BCUT2D eigenvalue weighted by Gasteiger charge is -2.11. The van der Waals surface area contributed by atoms with E-state index in [1.807, 2.05) is 12.1 Å². The second-order valence-corrected chi connectivity index (χ2v) is 12.8. The van der Waals surface area contributed by atoms with E-state index < -0.39 is 35.2 Å². The lowest BCUT2D eigenvalue weighted by atomic mass is 10.0. The number of hydrogen-bond donors (Lipinski definition) is 4. The summed E-state index contributed by atoms with van der Waals surface area (Å²) in [4.78, 5) is 39.3. The van der Waals surface area contributed by atoms with Gasteiger partial charge in [0.2, 0.25) is 0 Å². The lowest BCUT2D eigenvalue weighted by Crippen LogP contribution is -2.04. The summed E-state index contributed by atoms with van der Waals surface area (Å²) < 4.78 is 54.3. The second kappa shape index (κ2) is 15.1. The molecular formula is C40H30F4N6O4. The summed E-state index contributed by atoms with van der Waals surface area (Å²) in [5.41, 5.74) is 4.01. The fourth-order valence-corrected chi connectivity index (χ4v) is 5.76. The average Bonchev–Trinajstić information content (AvgIpc) is 4.10. The summed E-state index contributed by atoms with van der Waals surface area (Å²) in [6, 6.07) is 17.5. The zero-order valence-corrected chi connectivity index (χ0v) is 28.2. The van der Waals surface area contributed by atoms with E-state index in [2.05, 4.69) is 30.6 Å². The highest BCUT2D eigenvalue weighted by Gasteiger charge is 2.26. The van der Waals surface area contributed by atoms with E-state index in [9.17, 15) is 37.4 Å². The first kappa shape index (κ1) is 35.7. The third-order valence-corrected chi connectivity index (χ3v) is 8.87. The molecule has 0 radical (unpaired) electrons. The highest BCUT2D eigenvalue weighted by atomic mass is 19.2. The Kier molecular flexibility index (Phi) is 9.99. The molecule has 2 aliphatic rings. The van der Waals surface area contributed by atoms with Crippen molar-refractivity contribution < 1.29 is 37.4 Å². The zero-order valence-electron chi connectivity index (χ0n) is 28.2.